The molecular weight excluding hydrogens is 400 g/mol. The summed E-state index contributed by atoms with van der Waals surface area (Å²) in [6.07, 6.45) is 3.27. The van der Waals surface area contributed by atoms with Gasteiger partial charge in [-0.15, -0.1) is 0 Å². The number of halogens is 1. The van der Waals surface area contributed by atoms with Gasteiger partial charge in [0, 0.05) is 21.8 Å². The fourth-order valence-corrected chi connectivity index (χ4v) is 2.47. The molecule has 7 heteroatoms. The maximum Gasteiger partial charge on any atom is 0.248 e. The van der Waals surface area contributed by atoms with Crippen LogP contribution in [0.25, 0.3) is 6.08 Å². The zero-order valence-corrected chi connectivity index (χ0v) is 15.8. The first-order chi connectivity index (χ1) is 12.5. The molecule has 0 aliphatic heterocycles. The number of primary amides is 1. The molecule has 0 aliphatic rings. The lowest BCUT2D eigenvalue weighted by Crippen LogP contribution is -2.14. The molecule has 2 amide bonds. The van der Waals surface area contributed by atoms with Crippen LogP contribution in [0.5, 0.6) is 11.5 Å². The molecule has 0 unspecified atom stereocenters. The van der Waals surface area contributed by atoms with Gasteiger partial charge < -0.3 is 20.5 Å². The Balaban J connectivity index is 1.93. The maximum atomic E-state index is 12.1. The van der Waals surface area contributed by atoms with Gasteiger partial charge in [-0.2, -0.15) is 0 Å². The van der Waals surface area contributed by atoms with Crippen molar-refractivity contribution >= 4 is 39.5 Å². The summed E-state index contributed by atoms with van der Waals surface area (Å²) >= 11 is 3.39. The first kappa shape index (κ1) is 19.5. The average molecular weight is 419 g/mol. The van der Waals surface area contributed by atoms with Crippen molar-refractivity contribution in [3.8, 4) is 11.5 Å². The molecule has 26 heavy (non-hydrogen) atoms. The highest BCUT2D eigenvalue weighted by molar-refractivity contribution is 9.10. The van der Waals surface area contributed by atoms with Crippen molar-refractivity contribution in [3.05, 3.63) is 58.6 Å². The van der Waals surface area contributed by atoms with Gasteiger partial charge in [-0.25, -0.2) is 0 Å². The van der Waals surface area contributed by atoms with E-state index in [1.54, 1.807) is 37.5 Å². The lowest BCUT2D eigenvalue weighted by atomic mass is 10.2. The number of hydrogen-bond acceptors (Lipinski definition) is 4. The van der Waals surface area contributed by atoms with Gasteiger partial charge >= 0.3 is 0 Å². The molecule has 0 aromatic heterocycles. The molecule has 0 spiro atoms. The quantitative estimate of drug-likeness (QED) is 0.642. The normalized spacial score (nSPS) is 10.5. The van der Waals surface area contributed by atoms with E-state index in [2.05, 4.69) is 21.2 Å². The molecule has 6 nitrogen and oxygen atoms in total. The van der Waals surface area contributed by atoms with Crippen molar-refractivity contribution in [3.63, 3.8) is 0 Å². The highest BCUT2D eigenvalue weighted by Crippen LogP contribution is 2.24. The number of nitrogens with two attached hydrogens (primary N) is 1. The number of hydrogen-bond donors (Lipinski definition) is 2. The number of rotatable bonds is 8. The molecule has 2 rings (SSSR count). The molecule has 136 valence electrons. The Kier molecular flexibility index (Phi) is 7.23. The number of carbonyl (C=O) groups is 2. The lowest BCUT2D eigenvalue weighted by molar-refractivity contribution is -0.118. The fraction of sp³-hybridized carbons (Fsp3) is 0.158. The van der Waals surface area contributed by atoms with Crippen LogP contribution in [-0.4, -0.2) is 25.5 Å². The third-order valence-electron chi connectivity index (χ3n) is 3.35. The zero-order chi connectivity index (χ0) is 18.9. The Hall–Kier alpha value is -2.80. The van der Waals surface area contributed by atoms with Gasteiger partial charge in [-0.1, -0.05) is 15.9 Å². The van der Waals surface area contributed by atoms with Crippen molar-refractivity contribution in [1.29, 1.82) is 0 Å². The van der Waals surface area contributed by atoms with E-state index in [0.717, 1.165) is 10.0 Å². The van der Waals surface area contributed by atoms with Gasteiger partial charge in [0.15, 0.2) is 0 Å². The van der Waals surface area contributed by atoms with Gasteiger partial charge in [0.1, 0.15) is 11.5 Å². The molecule has 0 saturated heterocycles. The monoisotopic (exact) mass is 418 g/mol. The molecule has 0 heterocycles. The van der Waals surface area contributed by atoms with E-state index in [1.807, 2.05) is 18.2 Å². The molecule has 0 saturated carbocycles. The maximum absolute atomic E-state index is 12.1. The topological polar surface area (TPSA) is 90.7 Å². The summed E-state index contributed by atoms with van der Waals surface area (Å²) in [6.45, 7) is 0.220. The predicted molar refractivity (Wildman–Crippen MR) is 104 cm³/mol. The van der Waals surface area contributed by atoms with Crippen molar-refractivity contribution in [2.75, 3.05) is 19.0 Å². The molecular formula is C19H19BrN2O4. The van der Waals surface area contributed by atoms with Crippen LogP contribution in [0.1, 0.15) is 12.0 Å². The van der Waals surface area contributed by atoms with Crippen LogP contribution >= 0.6 is 15.9 Å². The van der Waals surface area contributed by atoms with Gasteiger partial charge in [0.2, 0.25) is 11.8 Å². The summed E-state index contributed by atoms with van der Waals surface area (Å²) in [5, 5.41) is 2.76. The van der Waals surface area contributed by atoms with Crippen LogP contribution in [0.3, 0.4) is 0 Å². The van der Waals surface area contributed by atoms with Crippen molar-refractivity contribution in [2.24, 2.45) is 5.73 Å². The van der Waals surface area contributed by atoms with Gasteiger partial charge in [0.25, 0.3) is 0 Å². The number of methoxy groups -OCH3 is 1. The van der Waals surface area contributed by atoms with Gasteiger partial charge in [0.05, 0.1) is 20.1 Å². The second-order valence-corrected chi connectivity index (χ2v) is 6.21. The van der Waals surface area contributed by atoms with Crippen LogP contribution in [-0.2, 0) is 9.59 Å². The third-order valence-corrected chi connectivity index (χ3v) is 3.84. The number of ether oxygens (including phenoxy) is 2. The molecule has 2 aromatic rings. The largest absolute Gasteiger partial charge is 0.496 e. The summed E-state index contributed by atoms with van der Waals surface area (Å²) in [5.74, 6) is 0.588. The lowest BCUT2D eigenvalue weighted by Gasteiger charge is -2.07. The number of anilines is 1. The number of amides is 2. The predicted octanol–water partition coefficient (Wildman–Crippen LogP) is 3.36. The highest BCUT2D eigenvalue weighted by atomic mass is 79.9. The zero-order valence-electron chi connectivity index (χ0n) is 14.2. The molecule has 0 aliphatic carbocycles. The minimum atomic E-state index is -0.414. The number of carbonyl (C=O) groups excluding carboxylic acids is 2. The van der Waals surface area contributed by atoms with E-state index in [9.17, 15) is 9.59 Å². The van der Waals surface area contributed by atoms with Crippen LogP contribution in [0.4, 0.5) is 5.69 Å². The molecule has 0 fully saturated rings. The van der Waals surface area contributed by atoms with Crippen LogP contribution in [0.15, 0.2) is 53.0 Å². The van der Waals surface area contributed by atoms with E-state index in [0.29, 0.717) is 17.2 Å². The van der Waals surface area contributed by atoms with Gasteiger partial charge in [-0.05, 0) is 48.5 Å². The van der Waals surface area contributed by atoms with E-state index in [-0.39, 0.29) is 18.9 Å². The SMILES string of the molecule is COc1ccc(Br)cc1C=CC(=O)Nc1ccc(OCCC(N)=O)cc1. The van der Waals surface area contributed by atoms with Crippen molar-refractivity contribution in [2.45, 2.75) is 6.42 Å². The fourth-order valence-electron chi connectivity index (χ4n) is 2.09. The van der Waals surface area contributed by atoms with Crippen LogP contribution < -0.4 is 20.5 Å². The number of nitrogens with one attached hydrogen (secondary N) is 1. The standard InChI is InChI=1S/C19H19BrN2O4/c1-25-17-8-3-14(20)12-13(17)2-9-19(24)22-15-4-6-16(7-5-15)26-11-10-18(21)23/h2-9,12H,10-11H2,1H3,(H2,21,23)(H,22,24). The van der Waals surface area contributed by atoms with Gasteiger partial charge in [-0.3, -0.25) is 9.59 Å². The summed E-state index contributed by atoms with van der Waals surface area (Å²) in [6, 6.07) is 12.4. The Bertz CT molecular complexity index is 804. The third kappa shape index (κ3) is 6.25. The molecule has 0 atom stereocenters. The summed E-state index contributed by atoms with van der Waals surface area (Å²) < 4.78 is 11.5. The van der Waals surface area contributed by atoms with Crippen molar-refractivity contribution in [1.82, 2.24) is 0 Å². The first-order valence-corrected chi connectivity index (χ1v) is 8.61. The summed E-state index contributed by atoms with van der Waals surface area (Å²) in [4.78, 5) is 22.7. The second kappa shape index (κ2) is 9.62. The minimum Gasteiger partial charge on any atom is -0.496 e. The summed E-state index contributed by atoms with van der Waals surface area (Å²) in [5.41, 5.74) is 6.46. The second-order valence-electron chi connectivity index (χ2n) is 5.30. The number of benzene rings is 2. The smallest absolute Gasteiger partial charge is 0.248 e. The van der Waals surface area contributed by atoms with Crippen molar-refractivity contribution < 1.29 is 19.1 Å². The highest BCUT2D eigenvalue weighted by Gasteiger charge is 2.03. The first-order valence-electron chi connectivity index (χ1n) is 7.81. The molecule has 0 radical (unpaired) electrons. The Labute approximate surface area is 160 Å². The Morgan fingerprint density at radius 1 is 1.19 bits per heavy atom. The minimum absolute atomic E-state index is 0.155. The van der Waals surface area contributed by atoms with E-state index >= 15 is 0 Å². The van der Waals surface area contributed by atoms with E-state index < -0.39 is 5.91 Å². The molecule has 2 aromatic carbocycles. The van der Waals surface area contributed by atoms with E-state index in [1.165, 1.54) is 6.08 Å². The molecule has 3 N–H and O–H groups in total. The van der Waals surface area contributed by atoms with Crippen LogP contribution in [0, 0.1) is 0 Å². The summed E-state index contributed by atoms with van der Waals surface area (Å²) in [7, 11) is 1.58. The van der Waals surface area contributed by atoms with Crippen LogP contribution in [0.2, 0.25) is 0 Å². The average Bonchev–Trinajstić information content (AvgIpc) is 2.61. The molecule has 0 bridgehead atoms. The van der Waals surface area contributed by atoms with E-state index in [4.69, 9.17) is 15.2 Å². The Morgan fingerprint density at radius 2 is 1.92 bits per heavy atom. The Morgan fingerprint density at radius 3 is 2.58 bits per heavy atom.